The Kier molecular flexibility index (Phi) is 10.5. The predicted octanol–water partition coefficient (Wildman–Crippen LogP) is 6.14. The number of likely N-dealkylation sites (N-methyl/N-ethyl adjacent to an activating group) is 1. The molecule has 0 spiro atoms. The fourth-order valence-corrected chi connectivity index (χ4v) is 6.75. The Labute approximate surface area is 290 Å². The van der Waals surface area contributed by atoms with Gasteiger partial charge in [0.1, 0.15) is 35.1 Å². The molecule has 2 aliphatic heterocycles. The molecule has 9 nitrogen and oxygen atoms in total. The van der Waals surface area contributed by atoms with Crippen LogP contribution in [0.3, 0.4) is 0 Å². The maximum Gasteiger partial charge on any atom is 0.255 e. The van der Waals surface area contributed by atoms with Crippen LogP contribution in [0.4, 0.5) is 30.2 Å². The van der Waals surface area contributed by atoms with Gasteiger partial charge in [0.2, 0.25) is 0 Å². The van der Waals surface area contributed by atoms with Gasteiger partial charge < -0.3 is 30.3 Å². The summed E-state index contributed by atoms with van der Waals surface area (Å²) in [7, 11) is 1.72. The van der Waals surface area contributed by atoms with Crippen LogP contribution in [0.15, 0.2) is 90.0 Å². The number of aryl methyl sites for hydroxylation is 1. The van der Waals surface area contributed by atoms with Gasteiger partial charge >= 0.3 is 0 Å². The van der Waals surface area contributed by atoms with E-state index in [2.05, 4.69) is 32.4 Å². The molecule has 0 bridgehead atoms. The van der Waals surface area contributed by atoms with Gasteiger partial charge in [-0.25, -0.2) is 13.2 Å². The second kappa shape index (κ2) is 15.1. The summed E-state index contributed by atoms with van der Waals surface area (Å²) in [5.74, 6) is -1.27. The highest BCUT2D eigenvalue weighted by Gasteiger charge is 2.45. The number of ether oxygens (including phenoxy) is 2. The summed E-state index contributed by atoms with van der Waals surface area (Å²) in [6.07, 6.45) is 1.63. The quantitative estimate of drug-likeness (QED) is 0.111. The minimum Gasteiger partial charge on any atom is -0.493 e. The number of hydrazone groups is 1. The van der Waals surface area contributed by atoms with E-state index in [1.165, 1.54) is 24.3 Å². The van der Waals surface area contributed by atoms with Crippen molar-refractivity contribution in [3.05, 3.63) is 119 Å². The van der Waals surface area contributed by atoms with Crippen molar-refractivity contribution in [2.75, 3.05) is 68.1 Å². The van der Waals surface area contributed by atoms with Crippen molar-refractivity contribution in [3.63, 3.8) is 0 Å². The molecule has 4 aromatic rings. The zero-order valence-corrected chi connectivity index (χ0v) is 28.1. The molecule has 3 N–H and O–H groups in total. The highest BCUT2D eigenvalue weighted by molar-refractivity contribution is 6.04. The Morgan fingerprint density at radius 1 is 0.980 bits per heavy atom. The highest BCUT2D eigenvalue weighted by Crippen LogP contribution is 2.41. The Bertz CT molecular complexity index is 1830. The van der Waals surface area contributed by atoms with Crippen molar-refractivity contribution in [1.82, 2.24) is 5.01 Å². The standard InChI is InChI=1S/C38H41F3N6O3/c1-26-18-33(47-16-14-46(15-17-47)32-9-6-28(7-10-32)37(48)44-31-5-3-4-29(39)19-31)11-13-36(26)49-22-27-21-38(50-23-27,24-45(2)43-25-42)34-12-8-30(40)20-35(34)41/h3-13,18-20,25,27H,14-17,21-24H2,1-2H3,(H2,42,43)(H,44,48)/t27-,38+/m1/s1. The number of benzene rings is 4. The van der Waals surface area contributed by atoms with Gasteiger partial charge in [-0.1, -0.05) is 12.1 Å². The fraction of sp³-hybridized carbons (Fsp3) is 0.316. The molecule has 0 aliphatic carbocycles. The first-order chi connectivity index (χ1) is 24.1. The maximum atomic E-state index is 15.0. The molecular formula is C38H41F3N6O3. The highest BCUT2D eigenvalue weighted by atomic mass is 19.1. The van der Waals surface area contributed by atoms with Crippen LogP contribution < -0.4 is 25.6 Å². The van der Waals surface area contributed by atoms with Crippen molar-refractivity contribution in [1.29, 1.82) is 0 Å². The van der Waals surface area contributed by atoms with Crippen LogP contribution in [-0.2, 0) is 10.3 Å². The normalized spacial score (nSPS) is 19.2. The van der Waals surface area contributed by atoms with E-state index in [4.69, 9.17) is 15.2 Å². The molecule has 50 heavy (non-hydrogen) atoms. The Morgan fingerprint density at radius 2 is 1.68 bits per heavy atom. The van der Waals surface area contributed by atoms with Crippen molar-refractivity contribution in [2.45, 2.75) is 18.9 Å². The van der Waals surface area contributed by atoms with Gasteiger partial charge in [0, 0.05) is 73.4 Å². The minimum atomic E-state index is -1.03. The number of hydrogen-bond acceptors (Lipinski definition) is 7. The van der Waals surface area contributed by atoms with E-state index in [0.717, 1.165) is 61.3 Å². The van der Waals surface area contributed by atoms with Crippen molar-refractivity contribution < 1.29 is 27.4 Å². The number of anilines is 3. The molecule has 2 fully saturated rings. The third kappa shape index (κ3) is 7.97. The van der Waals surface area contributed by atoms with E-state index in [0.29, 0.717) is 30.9 Å². The molecule has 2 aliphatic rings. The van der Waals surface area contributed by atoms with Gasteiger partial charge in [0.05, 0.1) is 19.8 Å². The molecule has 2 saturated heterocycles. The molecule has 2 heterocycles. The number of nitrogens with one attached hydrogen (secondary N) is 1. The van der Waals surface area contributed by atoms with E-state index in [9.17, 15) is 18.0 Å². The number of hydrogen-bond donors (Lipinski definition) is 2. The monoisotopic (exact) mass is 686 g/mol. The number of nitrogens with two attached hydrogens (primary N) is 1. The Morgan fingerprint density at radius 3 is 2.36 bits per heavy atom. The van der Waals surface area contributed by atoms with Crippen LogP contribution in [0.2, 0.25) is 0 Å². The van der Waals surface area contributed by atoms with Crippen LogP contribution >= 0.6 is 0 Å². The molecule has 1 amide bonds. The van der Waals surface area contributed by atoms with Gasteiger partial charge in [-0.15, -0.1) is 0 Å². The first kappa shape index (κ1) is 34.6. The second-order valence-corrected chi connectivity index (χ2v) is 12.8. The minimum absolute atomic E-state index is 0.0289. The zero-order chi connectivity index (χ0) is 35.3. The number of nitrogens with zero attached hydrogens (tertiary/aromatic N) is 4. The number of piperazine rings is 1. The fourth-order valence-electron chi connectivity index (χ4n) is 6.75. The van der Waals surface area contributed by atoms with Gasteiger partial charge in [0.15, 0.2) is 0 Å². The van der Waals surface area contributed by atoms with Crippen molar-refractivity contribution in [3.8, 4) is 5.75 Å². The summed E-state index contributed by atoms with van der Waals surface area (Å²) in [6.45, 7) is 6.26. The van der Waals surface area contributed by atoms with Crippen molar-refractivity contribution in [2.24, 2.45) is 16.8 Å². The first-order valence-electron chi connectivity index (χ1n) is 16.6. The summed E-state index contributed by atoms with van der Waals surface area (Å²) in [5.41, 5.74) is 8.78. The second-order valence-electron chi connectivity index (χ2n) is 12.8. The summed E-state index contributed by atoms with van der Waals surface area (Å²) < 4.78 is 54.7. The lowest BCUT2D eigenvalue weighted by molar-refractivity contribution is -0.0258. The van der Waals surface area contributed by atoms with Crippen LogP contribution in [0.5, 0.6) is 5.75 Å². The van der Waals surface area contributed by atoms with Crippen LogP contribution in [-0.4, -0.2) is 70.2 Å². The molecular weight excluding hydrogens is 645 g/mol. The maximum absolute atomic E-state index is 15.0. The smallest absolute Gasteiger partial charge is 0.255 e. The van der Waals surface area contributed by atoms with Crippen LogP contribution in [0.1, 0.15) is 27.9 Å². The average molecular weight is 687 g/mol. The third-order valence-electron chi connectivity index (χ3n) is 9.24. The Balaban J connectivity index is 1.02. The van der Waals surface area contributed by atoms with Gasteiger partial charge in [-0.3, -0.25) is 9.80 Å². The van der Waals surface area contributed by atoms with E-state index in [-0.39, 0.29) is 23.9 Å². The topological polar surface area (TPSA) is 95.7 Å². The summed E-state index contributed by atoms with van der Waals surface area (Å²) in [5, 5.41) is 8.39. The van der Waals surface area contributed by atoms with Crippen LogP contribution in [0.25, 0.3) is 0 Å². The molecule has 12 heteroatoms. The predicted molar refractivity (Wildman–Crippen MR) is 189 cm³/mol. The molecule has 0 saturated carbocycles. The van der Waals surface area contributed by atoms with E-state index in [1.807, 2.05) is 25.1 Å². The largest absolute Gasteiger partial charge is 0.493 e. The van der Waals surface area contributed by atoms with Gasteiger partial charge in [-0.2, -0.15) is 5.10 Å². The van der Waals surface area contributed by atoms with E-state index in [1.54, 1.807) is 36.3 Å². The lowest BCUT2D eigenvalue weighted by Gasteiger charge is -2.37. The number of halogens is 3. The van der Waals surface area contributed by atoms with E-state index < -0.39 is 23.1 Å². The molecule has 0 radical (unpaired) electrons. The zero-order valence-electron chi connectivity index (χ0n) is 28.1. The van der Waals surface area contributed by atoms with Crippen molar-refractivity contribution >= 4 is 29.3 Å². The number of rotatable bonds is 11. The molecule has 2 atom stereocenters. The lowest BCUT2D eigenvalue weighted by atomic mass is 9.86. The lowest BCUT2D eigenvalue weighted by Crippen LogP contribution is -2.46. The van der Waals surface area contributed by atoms with Crippen LogP contribution in [0, 0.1) is 30.3 Å². The molecule has 4 aromatic carbocycles. The molecule has 6 rings (SSSR count). The summed E-state index contributed by atoms with van der Waals surface area (Å²) in [6, 6.07) is 23.0. The first-order valence-corrected chi connectivity index (χ1v) is 16.6. The summed E-state index contributed by atoms with van der Waals surface area (Å²) in [4.78, 5) is 17.3. The Hall–Kier alpha value is -5.23. The van der Waals surface area contributed by atoms with Gasteiger partial charge in [-0.05, 0) is 85.6 Å². The number of carbonyl (C=O) groups excluding carboxylic acids is 1. The average Bonchev–Trinajstić information content (AvgIpc) is 3.51. The molecule has 262 valence electrons. The number of amides is 1. The molecule has 0 unspecified atom stereocenters. The molecule has 0 aromatic heterocycles. The van der Waals surface area contributed by atoms with Gasteiger partial charge in [0.25, 0.3) is 5.91 Å². The summed E-state index contributed by atoms with van der Waals surface area (Å²) >= 11 is 0. The van der Waals surface area contributed by atoms with E-state index >= 15 is 0 Å². The SMILES string of the molecule is Cc1cc(N2CCN(c3ccc(C(=O)Nc4cccc(F)c4)cc3)CC2)ccc1OC[C@@H]1CO[C@@](CN(C)/N=C\N)(c2ccc(F)cc2F)C1. The number of carbonyl (C=O) groups is 1. The third-order valence-corrected chi connectivity index (χ3v) is 9.24.